The predicted molar refractivity (Wildman–Crippen MR) is 78.8 cm³/mol. The van der Waals surface area contributed by atoms with Gasteiger partial charge in [0.1, 0.15) is 0 Å². The van der Waals surface area contributed by atoms with E-state index in [4.69, 9.17) is 5.11 Å². The summed E-state index contributed by atoms with van der Waals surface area (Å²) >= 11 is 0. The molecular formula is C15H19F3N2O3. The highest BCUT2D eigenvalue weighted by Gasteiger charge is 2.27. The van der Waals surface area contributed by atoms with Crippen LogP contribution in [0.25, 0.3) is 0 Å². The number of carbonyl (C=O) groups is 2. The summed E-state index contributed by atoms with van der Waals surface area (Å²) in [6.45, 7) is 1.67. The highest BCUT2D eigenvalue weighted by molar-refractivity contribution is 6.39. The molecule has 0 saturated carbocycles. The molecule has 0 aliphatic carbocycles. The SMILES string of the molecule is CC(CCCO)NC(=O)C(=O)Nc1cccc(CC(F)(F)F)c1. The molecule has 5 nitrogen and oxygen atoms in total. The summed E-state index contributed by atoms with van der Waals surface area (Å²) in [6.07, 6.45) is -4.46. The highest BCUT2D eigenvalue weighted by Crippen LogP contribution is 2.22. The Bertz CT molecular complexity index is 547. The molecule has 0 radical (unpaired) electrons. The van der Waals surface area contributed by atoms with Gasteiger partial charge in [-0.25, -0.2) is 0 Å². The standard InChI is InChI=1S/C15H19F3N2O3/c1-10(4-3-7-21)19-13(22)14(23)20-12-6-2-5-11(8-12)9-15(16,17)18/h2,5-6,8,10,21H,3-4,7,9H2,1H3,(H,19,22)(H,20,23). The number of rotatable bonds is 6. The largest absolute Gasteiger partial charge is 0.396 e. The normalized spacial score (nSPS) is 12.6. The number of hydrogen-bond acceptors (Lipinski definition) is 3. The Balaban J connectivity index is 2.59. The number of anilines is 1. The molecule has 0 bridgehead atoms. The summed E-state index contributed by atoms with van der Waals surface area (Å²) in [5.41, 5.74) is 0.113. The third kappa shape index (κ3) is 7.64. The molecule has 1 unspecified atom stereocenters. The molecule has 3 N–H and O–H groups in total. The Morgan fingerprint density at radius 3 is 2.57 bits per heavy atom. The lowest BCUT2D eigenvalue weighted by molar-refractivity contribution is -0.136. The van der Waals surface area contributed by atoms with E-state index in [1.807, 2.05) is 0 Å². The maximum atomic E-state index is 12.3. The Morgan fingerprint density at radius 2 is 1.96 bits per heavy atom. The summed E-state index contributed by atoms with van der Waals surface area (Å²) < 4.78 is 37.0. The minimum Gasteiger partial charge on any atom is -0.396 e. The molecule has 1 atom stereocenters. The van der Waals surface area contributed by atoms with Gasteiger partial charge in [-0.15, -0.1) is 0 Å². The lowest BCUT2D eigenvalue weighted by atomic mass is 10.1. The van der Waals surface area contributed by atoms with Gasteiger partial charge >= 0.3 is 18.0 Å². The fraction of sp³-hybridized carbons (Fsp3) is 0.467. The average molecular weight is 332 g/mol. The Morgan fingerprint density at radius 1 is 1.26 bits per heavy atom. The van der Waals surface area contributed by atoms with E-state index in [0.717, 1.165) is 0 Å². The van der Waals surface area contributed by atoms with Gasteiger partial charge in [0.15, 0.2) is 0 Å². The van der Waals surface area contributed by atoms with E-state index in [0.29, 0.717) is 12.8 Å². The van der Waals surface area contributed by atoms with Gasteiger partial charge in [0.05, 0.1) is 6.42 Å². The van der Waals surface area contributed by atoms with Crippen LogP contribution < -0.4 is 10.6 Å². The van der Waals surface area contributed by atoms with Crippen LogP contribution in [0.5, 0.6) is 0 Å². The van der Waals surface area contributed by atoms with Crippen molar-refractivity contribution in [1.82, 2.24) is 5.32 Å². The van der Waals surface area contributed by atoms with Crippen LogP contribution in [0.1, 0.15) is 25.3 Å². The maximum absolute atomic E-state index is 12.3. The van der Waals surface area contributed by atoms with Gasteiger partial charge in [-0.1, -0.05) is 12.1 Å². The van der Waals surface area contributed by atoms with Gasteiger partial charge in [0, 0.05) is 18.3 Å². The molecule has 0 fully saturated rings. The smallest absolute Gasteiger partial charge is 0.393 e. The van der Waals surface area contributed by atoms with Crippen LogP contribution in [0.3, 0.4) is 0 Å². The Hall–Kier alpha value is -2.09. The lowest BCUT2D eigenvalue weighted by Crippen LogP contribution is -2.40. The summed E-state index contributed by atoms with van der Waals surface area (Å²) in [4.78, 5) is 23.4. The zero-order valence-electron chi connectivity index (χ0n) is 12.6. The van der Waals surface area contributed by atoms with Crippen LogP contribution in [0, 0.1) is 0 Å². The molecule has 1 rings (SSSR count). The fourth-order valence-corrected chi connectivity index (χ4v) is 1.94. The van der Waals surface area contributed by atoms with Crippen molar-refractivity contribution in [2.45, 2.75) is 38.4 Å². The van der Waals surface area contributed by atoms with Gasteiger partial charge in [-0.2, -0.15) is 13.2 Å². The molecule has 2 amide bonds. The molecule has 1 aromatic rings. The maximum Gasteiger partial charge on any atom is 0.393 e. The molecule has 128 valence electrons. The van der Waals surface area contributed by atoms with Crippen LogP contribution in [-0.4, -0.2) is 35.7 Å². The molecule has 1 aromatic carbocycles. The van der Waals surface area contributed by atoms with Crippen LogP contribution in [0.4, 0.5) is 18.9 Å². The van der Waals surface area contributed by atoms with E-state index in [-0.39, 0.29) is 23.9 Å². The second-order valence-electron chi connectivity index (χ2n) is 5.19. The van der Waals surface area contributed by atoms with Crippen molar-refractivity contribution >= 4 is 17.5 Å². The first kappa shape index (κ1) is 19.0. The zero-order chi connectivity index (χ0) is 17.5. The third-order valence-electron chi connectivity index (χ3n) is 2.97. The van der Waals surface area contributed by atoms with Crippen molar-refractivity contribution in [2.75, 3.05) is 11.9 Å². The van der Waals surface area contributed by atoms with E-state index in [2.05, 4.69) is 10.6 Å². The van der Waals surface area contributed by atoms with Crippen molar-refractivity contribution in [3.63, 3.8) is 0 Å². The van der Waals surface area contributed by atoms with Crippen molar-refractivity contribution in [3.05, 3.63) is 29.8 Å². The first-order valence-corrected chi connectivity index (χ1v) is 7.09. The summed E-state index contributed by atoms with van der Waals surface area (Å²) in [6, 6.07) is 4.95. The zero-order valence-corrected chi connectivity index (χ0v) is 12.6. The monoisotopic (exact) mass is 332 g/mol. The van der Waals surface area contributed by atoms with Crippen LogP contribution in [0.15, 0.2) is 24.3 Å². The van der Waals surface area contributed by atoms with Gasteiger partial charge in [0.2, 0.25) is 0 Å². The Labute approximate surface area is 131 Å². The Kier molecular flexibility index (Phi) is 7.02. The second kappa shape index (κ2) is 8.52. The van der Waals surface area contributed by atoms with Gasteiger partial charge in [-0.05, 0) is 37.5 Å². The molecule has 0 aliphatic heterocycles. The molecule has 0 aliphatic rings. The van der Waals surface area contributed by atoms with Crippen molar-refractivity contribution in [1.29, 1.82) is 0 Å². The van der Waals surface area contributed by atoms with E-state index in [1.54, 1.807) is 6.92 Å². The van der Waals surface area contributed by atoms with Crippen molar-refractivity contribution in [3.8, 4) is 0 Å². The number of hydrogen-bond donors (Lipinski definition) is 3. The van der Waals surface area contributed by atoms with E-state index >= 15 is 0 Å². The van der Waals surface area contributed by atoms with E-state index < -0.39 is 24.4 Å². The second-order valence-corrected chi connectivity index (χ2v) is 5.19. The summed E-state index contributed by atoms with van der Waals surface area (Å²) in [7, 11) is 0. The molecule has 0 heterocycles. The van der Waals surface area contributed by atoms with Crippen molar-refractivity contribution in [2.24, 2.45) is 0 Å². The molecule has 23 heavy (non-hydrogen) atoms. The van der Waals surface area contributed by atoms with Crippen molar-refractivity contribution < 1.29 is 27.9 Å². The number of aliphatic hydroxyl groups is 1. The molecular weight excluding hydrogens is 313 g/mol. The van der Waals surface area contributed by atoms with Crippen LogP contribution in [-0.2, 0) is 16.0 Å². The van der Waals surface area contributed by atoms with Gasteiger partial charge in [-0.3, -0.25) is 9.59 Å². The first-order chi connectivity index (χ1) is 10.7. The fourth-order valence-electron chi connectivity index (χ4n) is 1.94. The topological polar surface area (TPSA) is 78.4 Å². The average Bonchev–Trinajstić information content (AvgIpc) is 2.43. The van der Waals surface area contributed by atoms with Crippen LogP contribution >= 0.6 is 0 Å². The number of aliphatic hydroxyl groups excluding tert-OH is 1. The van der Waals surface area contributed by atoms with Gasteiger partial charge < -0.3 is 15.7 Å². The summed E-state index contributed by atoms with van der Waals surface area (Å²) in [5.74, 6) is -1.83. The predicted octanol–water partition coefficient (Wildman–Crippen LogP) is 2.01. The number of amides is 2. The molecule has 0 aromatic heterocycles. The molecule has 0 spiro atoms. The number of alkyl halides is 3. The number of nitrogens with one attached hydrogen (secondary N) is 2. The first-order valence-electron chi connectivity index (χ1n) is 7.09. The van der Waals surface area contributed by atoms with Gasteiger partial charge in [0.25, 0.3) is 0 Å². The molecule has 8 heteroatoms. The highest BCUT2D eigenvalue weighted by atomic mass is 19.4. The lowest BCUT2D eigenvalue weighted by Gasteiger charge is -2.13. The minimum atomic E-state index is -4.35. The van der Waals surface area contributed by atoms with Crippen LogP contribution in [0.2, 0.25) is 0 Å². The number of carbonyl (C=O) groups excluding carboxylic acids is 2. The quantitative estimate of drug-likeness (QED) is 0.697. The van der Waals surface area contributed by atoms with E-state index in [9.17, 15) is 22.8 Å². The molecule has 0 saturated heterocycles. The third-order valence-corrected chi connectivity index (χ3v) is 2.97. The minimum absolute atomic E-state index is 0.00739. The number of benzene rings is 1. The number of halogens is 3. The summed E-state index contributed by atoms with van der Waals surface area (Å²) in [5, 5.41) is 13.4. The van der Waals surface area contributed by atoms with E-state index in [1.165, 1.54) is 24.3 Å².